The number of amides is 2. The van der Waals surface area contributed by atoms with Crippen molar-refractivity contribution < 1.29 is 9.18 Å². The van der Waals surface area contributed by atoms with Gasteiger partial charge in [-0.25, -0.2) is 14.2 Å². The first-order chi connectivity index (χ1) is 17.0. The Morgan fingerprint density at radius 1 is 1.11 bits per heavy atom. The summed E-state index contributed by atoms with van der Waals surface area (Å²) in [5.74, 6) is -0.258. The van der Waals surface area contributed by atoms with Gasteiger partial charge in [-0.2, -0.15) is 0 Å². The molecule has 35 heavy (non-hydrogen) atoms. The van der Waals surface area contributed by atoms with E-state index >= 15 is 0 Å². The first kappa shape index (κ1) is 20.8. The molecule has 2 aromatic heterocycles. The van der Waals surface area contributed by atoms with Crippen molar-refractivity contribution in [3.8, 4) is 11.1 Å². The third-order valence-corrected chi connectivity index (χ3v) is 8.54. The molecule has 0 unspecified atom stereocenters. The van der Waals surface area contributed by atoms with Crippen LogP contribution in [-0.4, -0.2) is 34.0 Å². The zero-order chi connectivity index (χ0) is 23.7. The van der Waals surface area contributed by atoms with E-state index in [0.717, 1.165) is 64.0 Å². The van der Waals surface area contributed by atoms with Gasteiger partial charge in [0.15, 0.2) is 5.13 Å². The number of likely N-dealkylation sites (tertiary alicyclic amines) is 1. The molecule has 2 fully saturated rings. The van der Waals surface area contributed by atoms with Crippen molar-refractivity contribution >= 4 is 38.4 Å². The number of halogens is 1. The highest BCUT2D eigenvalue weighted by Gasteiger charge is 2.55. The van der Waals surface area contributed by atoms with Crippen LogP contribution >= 0.6 is 11.3 Å². The molecule has 0 radical (unpaired) electrons. The van der Waals surface area contributed by atoms with E-state index in [-0.39, 0.29) is 23.3 Å². The minimum atomic E-state index is -0.258. The number of nitrogens with zero attached hydrogens (tertiary/aromatic N) is 4. The third kappa shape index (κ3) is 3.31. The van der Waals surface area contributed by atoms with Gasteiger partial charge in [-0.05, 0) is 67.1 Å². The van der Waals surface area contributed by atoms with Crippen molar-refractivity contribution in [1.82, 2.24) is 14.9 Å². The number of thiazole rings is 1. The summed E-state index contributed by atoms with van der Waals surface area (Å²) in [6.07, 6.45) is 5.87. The molecule has 8 heteroatoms. The molecular weight excluding hydrogens is 461 g/mol. The van der Waals surface area contributed by atoms with Crippen LogP contribution in [-0.2, 0) is 5.41 Å². The summed E-state index contributed by atoms with van der Waals surface area (Å²) in [6.45, 7) is 1.38. The summed E-state index contributed by atoms with van der Waals surface area (Å²) < 4.78 is 14.5. The summed E-state index contributed by atoms with van der Waals surface area (Å²) in [5.41, 5.74) is 11.7. The fourth-order valence-electron chi connectivity index (χ4n) is 5.71. The van der Waals surface area contributed by atoms with E-state index < -0.39 is 0 Å². The molecule has 1 atom stereocenters. The number of fused-ring (bicyclic) bond motifs is 3. The van der Waals surface area contributed by atoms with Crippen LogP contribution in [0, 0.1) is 5.82 Å². The minimum Gasteiger partial charge on any atom is -0.375 e. The number of benzene rings is 2. The molecule has 2 N–H and O–H groups in total. The summed E-state index contributed by atoms with van der Waals surface area (Å²) in [6, 6.07) is 14.8. The Labute approximate surface area is 206 Å². The molecule has 2 amide bonds. The summed E-state index contributed by atoms with van der Waals surface area (Å²) in [4.78, 5) is 27.1. The maximum Gasteiger partial charge on any atom is 0.325 e. The number of anilines is 2. The summed E-state index contributed by atoms with van der Waals surface area (Å²) in [5, 5.41) is 0.554. The average Bonchev–Trinajstić information content (AvgIpc) is 3.17. The molecule has 4 heterocycles. The van der Waals surface area contributed by atoms with Gasteiger partial charge in [-0.1, -0.05) is 29.5 Å². The number of urea groups is 1. The quantitative estimate of drug-likeness (QED) is 0.384. The molecule has 1 spiro atoms. The SMILES string of the molecule is Nc1nc2ccc(-c3cnc4c(c3)N(C(=O)N3CCC[C@H]3c3ccc(F)cc3)CC43CC3)cc2s1. The molecule has 4 aromatic rings. The van der Waals surface area contributed by atoms with Crippen LogP contribution in [0.25, 0.3) is 21.3 Å². The van der Waals surface area contributed by atoms with Crippen LogP contribution in [0.3, 0.4) is 0 Å². The number of aromatic nitrogens is 2. The van der Waals surface area contributed by atoms with Gasteiger partial charge in [-0.15, -0.1) is 0 Å². The zero-order valence-electron chi connectivity index (χ0n) is 19.1. The second kappa shape index (κ2) is 7.49. The van der Waals surface area contributed by atoms with Crippen LogP contribution in [0.1, 0.15) is 43.0 Å². The predicted octanol–water partition coefficient (Wildman–Crippen LogP) is 5.89. The normalized spacial score (nSPS) is 20.1. The van der Waals surface area contributed by atoms with Gasteiger partial charge in [0.05, 0.1) is 27.6 Å². The van der Waals surface area contributed by atoms with Crippen molar-refractivity contribution in [2.75, 3.05) is 23.7 Å². The first-order valence-electron chi connectivity index (χ1n) is 12.0. The predicted molar refractivity (Wildman–Crippen MR) is 136 cm³/mol. The Bertz CT molecular complexity index is 1480. The lowest BCUT2D eigenvalue weighted by molar-refractivity contribution is 0.200. The van der Waals surface area contributed by atoms with Gasteiger partial charge in [0.1, 0.15) is 5.82 Å². The maximum atomic E-state index is 13.9. The van der Waals surface area contributed by atoms with Crippen molar-refractivity contribution in [3.05, 3.63) is 71.8 Å². The summed E-state index contributed by atoms with van der Waals surface area (Å²) in [7, 11) is 0. The highest BCUT2D eigenvalue weighted by molar-refractivity contribution is 7.22. The molecule has 1 aliphatic carbocycles. The molecule has 7 rings (SSSR count). The Morgan fingerprint density at radius 2 is 1.94 bits per heavy atom. The Balaban J connectivity index is 1.25. The van der Waals surface area contributed by atoms with Gasteiger partial charge in [-0.3, -0.25) is 9.88 Å². The van der Waals surface area contributed by atoms with Crippen molar-refractivity contribution in [1.29, 1.82) is 0 Å². The number of pyridine rings is 1. The lowest BCUT2D eigenvalue weighted by Gasteiger charge is -2.30. The third-order valence-electron chi connectivity index (χ3n) is 7.70. The number of carbonyl (C=O) groups excluding carboxylic acids is 1. The van der Waals surface area contributed by atoms with E-state index in [4.69, 9.17) is 10.7 Å². The first-order valence-corrected chi connectivity index (χ1v) is 12.8. The number of hydrogen-bond donors (Lipinski definition) is 1. The van der Waals surface area contributed by atoms with Gasteiger partial charge < -0.3 is 10.6 Å². The standard InChI is InChI=1S/C27H24FN5OS/c28-19-6-3-16(4-7-19)21-2-1-11-32(21)26(34)33-15-27(9-10-27)24-22(33)12-18(14-30-24)17-5-8-20-23(13-17)35-25(29)31-20/h3-8,12-14,21H,1-2,9-11,15H2,(H2,29,31)/t21-/m0/s1. The number of nitrogens with two attached hydrogens (primary N) is 1. The van der Waals surface area contributed by atoms with Crippen molar-refractivity contribution in [2.45, 2.75) is 37.1 Å². The number of carbonyl (C=O) groups is 1. The van der Waals surface area contributed by atoms with Crippen LogP contribution in [0.15, 0.2) is 54.7 Å². The van der Waals surface area contributed by atoms with Gasteiger partial charge >= 0.3 is 6.03 Å². The molecule has 1 saturated heterocycles. The molecule has 3 aliphatic rings. The van der Waals surface area contributed by atoms with E-state index in [1.165, 1.54) is 23.5 Å². The van der Waals surface area contributed by atoms with Crippen LogP contribution in [0.5, 0.6) is 0 Å². The zero-order valence-corrected chi connectivity index (χ0v) is 19.9. The van der Waals surface area contributed by atoms with Crippen molar-refractivity contribution in [2.24, 2.45) is 0 Å². The number of hydrogen-bond acceptors (Lipinski definition) is 5. The Morgan fingerprint density at radius 3 is 2.74 bits per heavy atom. The maximum absolute atomic E-state index is 13.9. The molecule has 6 nitrogen and oxygen atoms in total. The second-order valence-corrected chi connectivity index (χ2v) is 10.9. The minimum absolute atomic E-state index is 0.00923. The van der Waals surface area contributed by atoms with Crippen molar-refractivity contribution in [3.63, 3.8) is 0 Å². The smallest absolute Gasteiger partial charge is 0.325 e. The van der Waals surface area contributed by atoms with E-state index in [1.807, 2.05) is 28.1 Å². The van der Waals surface area contributed by atoms with Gasteiger partial charge in [0, 0.05) is 30.3 Å². The topological polar surface area (TPSA) is 75.3 Å². The molecule has 176 valence electrons. The van der Waals surface area contributed by atoms with Gasteiger partial charge in [0.2, 0.25) is 0 Å². The van der Waals surface area contributed by atoms with E-state index in [2.05, 4.69) is 17.1 Å². The largest absolute Gasteiger partial charge is 0.375 e. The molecule has 2 aromatic carbocycles. The lowest BCUT2D eigenvalue weighted by atomic mass is 10.0. The highest BCUT2D eigenvalue weighted by Crippen LogP contribution is 2.56. The lowest BCUT2D eigenvalue weighted by Crippen LogP contribution is -2.43. The molecule has 1 saturated carbocycles. The van der Waals surface area contributed by atoms with E-state index in [9.17, 15) is 9.18 Å². The Hall–Kier alpha value is -3.52. The molecule has 0 bridgehead atoms. The van der Waals surface area contributed by atoms with E-state index in [0.29, 0.717) is 18.2 Å². The fraction of sp³-hybridized carbons (Fsp3) is 0.296. The van der Waals surface area contributed by atoms with Gasteiger partial charge in [0.25, 0.3) is 0 Å². The number of rotatable bonds is 2. The van der Waals surface area contributed by atoms with Crippen LogP contribution in [0.4, 0.5) is 20.0 Å². The second-order valence-electron chi connectivity index (χ2n) is 9.88. The fourth-order valence-corrected chi connectivity index (χ4v) is 6.48. The highest BCUT2D eigenvalue weighted by atomic mass is 32.1. The van der Waals surface area contributed by atoms with Crippen LogP contribution < -0.4 is 10.6 Å². The average molecular weight is 486 g/mol. The molecule has 2 aliphatic heterocycles. The van der Waals surface area contributed by atoms with Crippen LogP contribution in [0.2, 0.25) is 0 Å². The molecular formula is C27H24FN5OS. The monoisotopic (exact) mass is 485 g/mol. The number of nitrogen functional groups attached to an aromatic ring is 1. The summed E-state index contributed by atoms with van der Waals surface area (Å²) >= 11 is 1.47. The Kier molecular flexibility index (Phi) is 4.45. The van der Waals surface area contributed by atoms with E-state index in [1.54, 1.807) is 12.1 Å².